The quantitative estimate of drug-likeness (QED) is 0.112. The average Bonchev–Trinajstić information content (AvgIpc) is 3.57. The highest BCUT2D eigenvalue weighted by Crippen LogP contribution is 2.44. The number of rotatable bonds is 13. The molecule has 9 heteroatoms. The number of hydrogen-bond donors (Lipinski definition) is 1. The van der Waals surface area contributed by atoms with Gasteiger partial charge in [-0.25, -0.2) is 4.98 Å². The summed E-state index contributed by atoms with van der Waals surface area (Å²) in [5.74, 6) is -0.211. The SMILES string of the molecule is CCCCCOc1ccc(C2C(=C(O)c3cccc(OCCCC)c3)C(=O)C(=O)N2c2nccs2)cc1OC. The van der Waals surface area contributed by atoms with Gasteiger partial charge in [0.25, 0.3) is 5.78 Å². The van der Waals surface area contributed by atoms with Crippen molar-refractivity contribution in [3.8, 4) is 17.2 Å². The second-order valence-electron chi connectivity index (χ2n) is 9.18. The van der Waals surface area contributed by atoms with Crippen LogP contribution in [0.1, 0.15) is 63.1 Å². The number of ketones is 1. The third kappa shape index (κ3) is 6.25. The number of carbonyl (C=O) groups excluding carboxylic acids is 2. The molecule has 1 saturated heterocycles. The van der Waals surface area contributed by atoms with Gasteiger partial charge in [-0.15, -0.1) is 11.3 Å². The molecular formula is C30H34N2O6S. The fraction of sp³-hybridized carbons (Fsp3) is 0.367. The molecule has 0 aliphatic carbocycles. The molecule has 1 aliphatic heterocycles. The van der Waals surface area contributed by atoms with Crippen LogP contribution in [0.15, 0.2) is 59.6 Å². The predicted molar refractivity (Wildman–Crippen MR) is 152 cm³/mol. The Hall–Kier alpha value is -3.85. The number of aliphatic hydroxyl groups excluding tert-OH is 1. The van der Waals surface area contributed by atoms with Crippen molar-refractivity contribution in [3.63, 3.8) is 0 Å². The molecule has 0 spiro atoms. The normalized spacial score (nSPS) is 16.5. The molecule has 2 heterocycles. The van der Waals surface area contributed by atoms with Crippen LogP contribution in [0.25, 0.3) is 5.76 Å². The third-order valence-corrected chi connectivity index (χ3v) is 7.22. The van der Waals surface area contributed by atoms with E-state index in [4.69, 9.17) is 14.2 Å². The standard InChI is InChI=1S/C30H34N2O6S/c1-4-6-8-16-38-23-13-12-20(19-24(23)36-3)26-25(28(34)29(35)32(26)30-31-14-17-39-30)27(33)21-10-9-11-22(18-21)37-15-7-5-2/h9-14,17-19,26,33H,4-8,15-16H2,1-3H3. The number of hydrogen-bond acceptors (Lipinski definition) is 8. The molecule has 1 amide bonds. The lowest BCUT2D eigenvalue weighted by Crippen LogP contribution is -2.29. The third-order valence-electron chi connectivity index (χ3n) is 6.45. The Bertz CT molecular complexity index is 1320. The summed E-state index contributed by atoms with van der Waals surface area (Å²) in [6.07, 6.45) is 6.53. The number of methoxy groups -OCH3 is 1. The van der Waals surface area contributed by atoms with Gasteiger partial charge >= 0.3 is 5.91 Å². The zero-order valence-corrected chi connectivity index (χ0v) is 23.3. The first-order chi connectivity index (χ1) is 19.0. The van der Waals surface area contributed by atoms with Crippen molar-refractivity contribution in [1.82, 2.24) is 4.98 Å². The number of benzene rings is 2. The summed E-state index contributed by atoms with van der Waals surface area (Å²) in [4.78, 5) is 32.3. The van der Waals surface area contributed by atoms with E-state index in [1.54, 1.807) is 61.2 Å². The summed E-state index contributed by atoms with van der Waals surface area (Å²) < 4.78 is 17.3. The first-order valence-electron chi connectivity index (χ1n) is 13.2. The van der Waals surface area contributed by atoms with Crippen LogP contribution in [0.2, 0.25) is 0 Å². The number of unbranched alkanes of at least 4 members (excludes halogenated alkanes) is 3. The number of carbonyl (C=O) groups is 2. The van der Waals surface area contributed by atoms with Crippen LogP contribution in [-0.2, 0) is 9.59 Å². The van der Waals surface area contributed by atoms with Gasteiger partial charge in [0.1, 0.15) is 11.5 Å². The predicted octanol–water partition coefficient (Wildman–Crippen LogP) is 6.53. The Morgan fingerprint density at radius 3 is 2.51 bits per heavy atom. The van der Waals surface area contributed by atoms with E-state index >= 15 is 0 Å². The van der Waals surface area contributed by atoms with Crippen molar-refractivity contribution in [2.45, 2.75) is 52.0 Å². The zero-order valence-electron chi connectivity index (χ0n) is 22.5. The smallest absolute Gasteiger partial charge is 0.301 e. The minimum absolute atomic E-state index is 0.0282. The molecule has 1 fully saturated rings. The summed E-state index contributed by atoms with van der Waals surface area (Å²) in [7, 11) is 1.54. The Kier molecular flexibility index (Phi) is 9.59. The Morgan fingerprint density at radius 2 is 1.79 bits per heavy atom. The Morgan fingerprint density at radius 1 is 1.00 bits per heavy atom. The second-order valence-corrected chi connectivity index (χ2v) is 10.1. The van der Waals surface area contributed by atoms with Crippen molar-refractivity contribution < 1.29 is 28.9 Å². The lowest BCUT2D eigenvalue weighted by atomic mass is 9.95. The average molecular weight is 551 g/mol. The fourth-order valence-electron chi connectivity index (χ4n) is 4.41. The molecule has 0 bridgehead atoms. The van der Waals surface area contributed by atoms with Crippen LogP contribution < -0.4 is 19.1 Å². The number of aromatic nitrogens is 1. The van der Waals surface area contributed by atoms with E-state index in [1.165, 1.54) is 16.2 Å². The Balaban J connectivity index is 1.78. The van der Waals surface area contributed by atoms with Crippen LogP contribution in [-0.4, -0.2) is 42.1 Å². The molecular weight excluding hydrogens is 516 g/mol. The number of anilines is 1. The summed E-state index contributed by atoms with van der Waals surface area (Å²) in [5.41, 5.74) is 0.938. The number of Topliss-reactive ketones (excluding diaryl/α,β-unsaturated/α-hetero) is 1. The maximum atomic E-state index is 13.4. The largest absolute Gasteiger partial charge is 0.507 e. The monoisotopic (exact) mass is 550 g/mol. The van der Waals surface area contributed by atoms with E-state index < -0.39 is 17.7 Å². The van der Waals surface area contributed by atoms with Gasteiger partial charge in [0.15, 0.2) is 16.6 Å². The van der Waals surface area contributed by atoms with Crippen LogP contribution in [0.4, 0.5) is 5.13 Å². The molecule has 0 radical (unpaired) electrons. The number of amides is 1. The van der Waals surface area contributed by atoms with Crippen LogP contribution in [0.5, 0.6) is 17.2 Å². The van der Waals surface area contributed by atoms with Gasteiger partial charge < -0.3 is 19.3 Å². The van der Waals surface area contributed by atoms with E-state index in [0.717, 1.165) is 32.1 Å². The van der Waals surface area contributed by atoms with Crippen LogP contribution >= 0.6 is 11.3 Å². The highest BCUT2D eigenvalue weighted by molar-refractivity contribution is 7.14. The van der Waals surface area contributed by atoms with E-state index in [2.05, 4.69) is 18.8 Å². The van der Waals surface area contributed by atoms with Gasteiger partial charge in [0, 0.05) is 17.1 Å². The number of ether oxygens (including phenoxy) is 3. The summed E-state index contributed by atoms with van der Waals surface area (Å²) >= 11 is 1.24. The van der Waals surface area contributed by atoms with Gasteiger partial charge in [0.05, 0.1) is 31.9 Å². The van der Waals surface area contributed by atoms with E-state index in [1.807, 2.05) is 0 Å². The zero-order chi connectivity index (χ0) is 27.8. The van der Waals surface area contributed by atoms with Gasteiger partial charge in [-0.1, -0.05) is 51.3 Å². The number of aliphatic hydroxyl groups is 1. The van der Waals surface area contributed by atoms with Gasteiger partial charge in [-0.2, -0.15) is 0 Å². The van der Waals surface area contributed by atoms with Gasteiger partial charge in [0.2, 0.25) is 0 Å². The molecule has 39 heavy (non-hydrogen) atoms. The maximum Gasteiger partial charge on any atom is 0.301 e. The minimum Gasteiger partial charge on any atom is -0.507 e. The summed E-state index contributed by atoms with van der Waals surface area (Å²) in [6.45, 7) is 5.30. The number of nitrogens with zero attached hydrogens (tertiary/aromatic N) is 2. The molecule has 4 rings (SSSR count). The van der Waals surface area contributed by atoms with Crippen molar-refractivity contribution in [2.24, 2.45) is 0 Å². The van der Waals surface area contributed by atoms with Gasteiger partial charge in [-0.05, 0) is 42.7 Å². The van der Waals surface area contributed by atoms with Crippen LogP contribution in [0.3, 0.4) is 0 Å². The van der Waals surface area contributed by atoms with E-state index in [-0.39, 0.29) is 11.3 Å². The molecule has 206 valence electrons. The summed E-state index contributed by atoms with van der Waals surface area (Å²) in [5, 5.41) is 13.5. The van der Waals surface area contributed by atoms with E-state index in [9.17, 15) is 14.7 Å². The lowest BCUT2D eigenvalue weighted by Gasteiger charge is -2.24. The first kappa shape index (κ1) is 28.2. The molecule has 1 aromatic heterocycles. The molecule has 2 aromatic carbocycles. The fourth-order valence-corrected chi connectivity index (χ4v) is 5.08. The minimum atomic E-state index is -0.913. The molecule has 1 atom stereocenters. The molecule has 3 aromatic rings. The highest BCUT2D eigenvalue weighted by atomic mass is 32.1. The van der Waals surface area contributed by atoms with E-state index in [0.29, 0.717) is 46.7 Å². The maximum absolute atomic E-state index is 13.4. The van der Waals surface area contributed by atoms with Crippen molar-refractivity contribution in [3.05, 3.63) is 70.7 Å². The molecule has 1 N–H and O–H groups in total. The molecule has 0 saturated carbocycles. The lowest BCUT2D eigenvalue weighted by molar-refractivity contribution is -0.132. The van der Waals surface area contributed by atoms with Crippen molar-refractivity contribution in [2.75, 3.05) is 25.2 Å². The highest BCUT2D eigenvalue weighted by Gasteiger charge is 2.48. The van der Waals surface area contributed by atoms with Gasteiger partial charge in [-0.3, -0.25) is 14.5 Å². The number of thiazole rings is 1. The molecule has 1 aliphatic rings. The van der Waals surface area contributed by atoms with Crippen molar-refractivity contribution in [1.29, 1.82) is 0 Å². The summed E-state index contributed by atoms with van der Waals surface area (Å²) in [6, 6.07) is 11.3. The molecule has 8 nitrogen and oxygen atoms in total. The van der Waals surface area contributed by atoms with Crippen molar-refractivity contribution >= 4 is 33.9 Å². The molecule has 1 unspecified atom stereocenters. The second kappa shape index (κ2) is 13.3. The first-order valence-corrected chi connectivity index (χ1v) is 14.1. The topological polar surface area (TPSA) is 98.2 Å². The Labute approximate surface area is 232 Å². The van der Waals surface area contributed by atoms with Crippen LogP contribution in [0, 0.1) is 0 Å².